The molecular formula is C17H11Cl2N3O3. The Morgan fingerprint density at radius 3 is 2.60 bits per heavy atom. The molecular weight excluding hydrogens is 365 g/mol. The Kier molecular flexibility index (Phi) is 5.75. The summed E-state index contributed by atoms with van der Waals surface area (Å²) in [7, 11) is 0. The highest BCUT2D eigenvalue weighted by atomic mass is 35.5. The van der Waals surface area contributed by atoms with Crippen molar-refractivity contribution in [2.75, 3.05) is 5.32 Å². The van der Waals surface area contributed by atoms with E-state index in [4.69, 9.17) is 23.2 Å². The third-order valence-corrected chi connectivity index (χ3v) is 3.83. The van der Waals surface area contributed by atoms with Gasteiger partial charge < -0.3 is 5.32 Å². The van der Waals surface area contributed by atoms with Gasteiger partial charge in [-0.15, -0.1) is 0 Å². The number of amides is 1. The van der Waals surface area contributed by atoms with Gasteiger partial charge in [0.15, 0.2) is 0 Å². The molecule has 2 aromatic carbocycles. The number of nitro benzene ring substituents is 1. The third kappa shape index (κ3) is 4.57. The van der Waals surface area contributed by atoms with Crippen LogP contribution in [0.4, 0.5) is 11.4 Å². The molecule has 0 atom stereocenters. The van der Waals surface area contributed by atoms with Crippen LogP contribution in [0.15, 0.2) is 42.0 Å². The maximum absolute atomic E-state index is 12.2. The molecule has 0 saturated carbocycles. The van der Waals surface area contributed by atoms with Gasteiger partial charge in [-0.3, -0.25) is 14.9 Å². The van der Waals surface area contributed by atoms with Gasteiger partial charge in [0.25, 0.3) is 11.6 Å². The minimum Gasteiger partial charge on any atom is -0.320 e. The van der Waals surface area contributed by atoms with Crippen LogP contribution in [0.5, 0.6) is 0 Å². The van der Waals surface area contributed by atoms with E-state index in [-0.39, 0.29) is 16.3 Å². The third-order valence-electron chi connectivity index (χ3n) is 3.29. The van der Waals surface area contributed by atoms with E-state index in [9.17, 15) is 20.2 Å². The van der Waals surface area contributed by atoms with Gasteiger partial charge in [0.1, 0.15) is 11.6 Å². The fourth-order valence-corrected chi connectivity index (χ4v) is 2.46. The zero-order valence-corrected chi connectivity index (χ0v) is 14.4. The van der Waals surface area contributed by atoms with E-state index in [0.717, 1.165) is 0 Å². The lowest BCUT2D eigenvalue weighted by Gasteiger charge is -2.07. The van der Waals surface area contributed by atoms with Crippen molar-refractivity contribution in [3.05, 3.63) is 73.3 Å². The Morgan fingerprint density at radius 1 is 1.28 bits per heavy atom. The number of anilines is 1. The highest BCUT2D eigenvalue weighted by molar-refractivity contribution is 6.36. The summed E-state index contributed by atoms with van der Waals surface area (Å²) in [6.45, 7) is 1.60. The predicted octanol–water partition coefficient (Wildman–Crippen LogP) is 4.76. The van der Waals surface area contributed by atoms with Crippen molar-refractivity contribution in [3.63, 3.8) is 0 Å². The van der Waals surface area contributed by atoms with Crippen molar-refractivity contribution in [3.8, 4) is 6.07 Å². The molecule has 0 bridgehead atoms. The number of nitrogens with one attached hydrogen (secondary N) is 1. The van der Waals surface area contributed by atoms with Crippen LogP contribution in [-0.4, -0.2) is 10.8 Å². The van der Waals surface area contributed by atoms with Crippen LogP contribution in [0.25, 0.3) is 6.08 Å². The van der Waals surface area contributed by atoms with Crippen molar-refractivity contribution < 1.29 is 9.72 Å². The molecule has 2 rings (SSSR count). The van der Waals surface area contributed by atoms with Gasteiger partial charge in [0, 0.05) is 16.7 Å². The number of aryl methyl sites for hydroxylation is 1. The summed E-state index contributed by atoms with van der Waals surface area (Å²) in [6, 6.07) is 10.7. The number of nitrogens with zero attached hydrogens (tertiary/aromatic N) is 2. The molecule has 0 aliphatic carbocycles. The standard InChI is InChI=1S/C17H11Cl2N3O3/c1-10-2-3-11(7-16(10)22(24)25)6-12(9-20)17(23)21-15-5-4-13(18)8-14(15)19/h2-8H,1H3,(H,21,23)/b12-6+. The highest BCUT2D eigenvalue weighted by Crippen LogP contribution is 2.26. The SMILES string of the molecule is Cc1ccc(/C=C(\C#N)C(=O)Nc2ccc(Cl)cc2Cl)cc1[N+](=O)[O-]. The predicted molar refractivity (Wildman–Crippen MR) is 96.5 cm³/mol. The van der Waals surface area contributed by atoms with Crippen LogP contribution in [0.3, 0.4) is 0 Å². The van der Waals surface area contributed by atoms with Gasteiger partial charge >= 0.3 is 0 Å². The molecule has 0 fully saturated rings. The Balaban J connectivity index is 2.31. The molecule has 0 spiro atoms. The van der Waals surface area contributed by atoms with Gasteiger partial charge in [0.2, 0.25) is 0 Å². The number of benzene rings is 2. The van der Waals surface area contributed by atoms with Crippen molar-refractivity contribution in [2.45, 2.75) is 6.92 Å². The topological polar surface area (TPSA) is 96.0 Å². The molecule has 2 aromatic rings. The van der Waals surface area contributed by atoms with E-state index in [1.165, 1.54) is 24.3 Å². The van der Waals surface area contributed by atoms with Gasteiger partial charge in [-0.1, -0.05) is 35.3 Å². The fraction of sp³-hybridized carbons (Fsp3) is 0.0588. The largest absolute Gasteiger partial charge is 0.320 e. The van der Waals surface area contributed by atoms with Crippen LogP contribution < -0.4 is 5.32 Å². The summed E-state index contributed by atoms with van der Waals surface area (Å²) < 4.78 is 0. The van der Waals surface area contributed by atoms with Crippen LogP contribution in [0, 0.1) is 28.4 Å². The minimum absolute atomic E-state index is 0.0906. The molecule has 0 saturated heterocycles. The molecule has 0 aliphatic rings. The van der Waals surface area contributed by atoms with E-state index < -0.39 is 10.8 Å². The van der Waals surface area contributed by atoms with Crippen LogP contribution in [0.1, 0.15) is 11.1 Å². The molecule has 0 unspecified atom stereocenters. The van der Waals surface area contributed by atoms with Crippen LogP contribution in [-0.2, 0) is 4.79 Å². The second-order valence-corrected chi connectivity index (χ2v) is 5.89. The molecule has 8 heteroatoms. The number of hydrogen-bond donors (Lipinski definition) is 1. The Morgan fingerprint density at radius 2 is 2.00 bits per heavy atom. The zero-order chi connectivity index (χ0) is 18.6. The van der Waals surface area contributed by atoms with Crippen molar-refractivity contribution in [1.29, 1.82) is 5.26 Å². The normalized spacial score (nSPS) is 10.9. The van der Waals surface area contributed by atoms with Gasteiger partial charge in [0.05, 0.1) is 15.6 Å². The molecule has 126 valence electrons. The van der Waals surface area contributed by atoms with E-state index in [0.29, 0.717) is 21.8 Å². The second kappa shape index (κ2) is 7.79. The van der Waals surface area contributed by atoms with Crippen LogP contribution in [0.2, 0.25) is 10.0 Å². The first-order valence-corrected chi connectivity index (χ1v) is 7.70. The van der Waals surface area contributed by atoms with Crippen molar-refractivity contribution >= 4 is 46.6 Å². The molecule has 25 heavy (non-hydrogen) atoms. The first-order chi connectivity index (χ1) is 11.8. The number of halogens is 2. The number of carbonyl (C=O) groups excluding carboxylic acids is 1. The highest BCUT2D eigenvalue weighted by Gasteiger charge is 2.14. The summed E-state index contributed by atoms with van der Waals surface area (Å²) in [6.07, 6.45) is 1.27. The van der Waals surface area contributed by atoms with Gasteiger partial charge in [-0.05, 0) is 36.8 Å². The molecule has 1 N–H and O–H groups in total. The first kappa shape index (κ1) is 18.5. The van der Waals surface area contributed by atoms with E-state index in [1.807, 2.05) is 0 Å². The van der Waals surface area contributed by atoms with Crippen LogP contribution >= 0.6 is 23.2 Å². The lowest BCUT2D eigenvalue weighted by molar-refractivity contribution is -0.385. The monoisotopic (exact) mass is 375 g/mol. The van der Waals surface area contributed by atoms with E-state index >= 15 is 0 Å². The average Bonchev–Trinajstić information content (AvgIpc) is 2.56. The zero-order valence-electron chi connectivity index (χ0n) is 12.9. The minimum atomic E-state index is -0.685. The lowest BCUT2D eigenvalue weighted by Crippen LogP contribution is -2.13. The summed E-state index contributed by atoms with van der Waals surface area (Å²) >= 11 is 11.8. The lowest BCUT2D eigenvalue weighted by atomic mass is 10.1. The first-order valence-electron chi connectivity index (χ1n) is 6.95. The van der Waals surface area contributed by atoms with E-state index in [1.54, 1.807) is 31.2 Å². The number of hydrogen-bond acceptors (Lipinski definition) is 4. The second-order valence-electron chi connectivity index (χ2n) is 5.05. The molecule has 0 aromatic heterocycles. The number of nitriles is 1. The Hall–Kier alpha value is -2.88. The summed E-state index contributed by atoms with van der Waals surface area (Å²) in [5.74, 6) is -0.685. The number of nitro groups is 1. The van der Waals surface area contributed by atoms with Crippen molar-refractivity contribution in [2.24, 2.45) is 0 Å². The fourth-order valence-electron chi connectivity index (χ4n) is 2.01. The Bertz CT molecular complexity index is 933. The summed E-state index contributed by atoms with van der Waals surface area (Å²) in [5.41, 5.74) is 0.840. The summed E-state index contributed by atoms with van der Waals surface area (Å²) in [4.78, 5) is 22.7. The van der Waals surface area contributed by atoms with Crippen molar-refractivity contribution in [1.82, 2.24) is 0 Å². The van der Waals surface area contributed by atoms with Gasteiger partial charge in [-0.2, -0.15) is 5.26 Å². The number of carbonyl (C=O) groups is 1. The average molecular weight is 376 g/mol. The molecule has 0 aliphatic heterocycles. The molecule has 1 amide bonds. The summed E-state index contributed by atoms with van der Waals surface area (Å²) in [5, 5.41) is 23.3. The molecule has 6 nitrogen and oxygen atoms in total. The maximum Gasteiger partial charge on any atom is 0.272 e. The molecule has 0 radical (unpaired) electrons. The smallest absolute Gasteiger partial charge is 0.272 e. The Labute approximate surface area is 153 Å². The van der Waals surface area contributed by atoms with Gasteiger partial charge in [-0.25, -0.2) is 0 Å². The molecule has 0 heterocycles. The quantitative estimate of drug-likeness (QED) is 0.360. The van der Waals surface area contributed by atoms with E-state index in [2.05, 4.69) is 5.32 Å². The maximum atomic E-state index is 12.2. The number of rotatable bonds is 4.